The van der Waals surface area contributed by atoms with Crippen LogP contribution in [0.4, 0.5) is 0 Å². The molecule has 0 aromatic heterocycles. The first-order valence-corrected chi connectivity index (χ1v) is 6.95. The number of ether oxygens (including phenoxy) is 1. The van der Waals surface area contributed by atoms with Crippen molar-refractivity contribution in [3.05, 3.63) is 29.3 Å². The van der Waals surface area contributed by atoms with Crippen molar-refractivity contribution in [1.82, 2.24) is 0 Å². The second kappa shape index (κ2) is 5.72. The van der Waals surface area contributed by atoms with Crippen molar-refractivity contribution in [1.29, 1.82) is 0 Å². The van der Waals surface area contributed by atoms with E-state index in [0.717, 1.165) is 23.3 Å². The molecule has 100 valence electrons. The summed E-state index contributed by atoms with van der Waals surface area (Å²) in [5.74, 6) is 1.55. The molecule has 0 bridgehead atoms. The van der Waals surface area contributed by atoms with Crippen LogP contribution in [0.15, 0.2) is 18.2 Å². The molecule has 0 heterocycles. The molecule has 0 aliphatic heterocycles. The van der Waals surface area contributed by atoms with Gasteiger partial charge in [0, 0.05) is 23.2 Å². The Hall–Kier alpha value is -1.06. The molecule has 1 aromatic carbocycles. The zero-order valence-electron chi connectivity index (χ0n) is 11.4. The van der Waals surface area contributed by atoms with Crippen molar-refractivity contribution in [3.8, 4) is 5.75 Å². The van der Waals surface area contributed by atoms with E-state index in [1.807, 2.05) is 13.0 Å². The third-order valence-corrected chi connectivity index (χ3v) is 3.69. The minimum atomic E-state index is 0.0258. The number of hydrogen-bond acceptors (Lipinski definition) is 3. The smallest absolute Gasteiger partial charge is 0.128 e. The lowest BCUT2D eigenvalue weighted by Gasteiger charge is -2.21. The van der Waals surface area contributed by atoms with E-state index in [1.54, 1.807) is 0 Å². The molecule has 1 aliphatic rings. The molecule has 2 rings (SSSR count). The molecule has 1 saturated carbocycles. The van der Waals surface area contributed by atoms with Gasteiger partial charge in [-0.2, -0.15) is 0 Å². The van der Waals surface area contributed by atoms with E-state index in [9.17, 15) is 0 Å². The molecule has 1 aliphatic carbocycles. The number of benzene rings is 1. The number of hydrogen-bond donors (Lipinski definition) is 2. The first-order valence-electron chi connectivity index (χ1n) is 6.95. The molecule has 18 heavy (non-hydrogen) atoms. The predicted molar refractivity (Wildman–Crippen MR) is 74.5 cm³/mol. The fraction of sp³-hybridized carbons (Fsp3) is 0.600. The maximum absolute atomic E-state index is 6.32. The Morgan fingerprint density at radius 1 is 1.22 bits per heavy atom. The van der Waals surface area contributed by atoms with E-state index in [1.165, 1.54) is 12.8 Å². The Kier molecular flexibility index (Phi) is 4.25. The summed E-state index contributed by atoms with van der Waals surface area (Å²) >= 11 is 0. The van der Waals surface area contributed by atoms with Crippen LogP contribution in [0.5, 0.6) is 5.75 Å². The van der Waals surface area contributed by atoms with Gasteiger partial charge in [0.1, 0.15) is 5.75 Å². The molecule has 0 saturated heterocycles. The zero-order chi connectivity index (χ0) is 13.1. The average molecular weight is 248 g/mol. The SMILES string of the molecule is CCOc1c([C@@H](N)CC)cccc1[C@H](N)C1CC1. The molecular formula is C15H24N2O. The lowest BCUT2D eigenvalue weighted by molar-refractivity contribution is 0.326. The topological polar surface area (TPSA) is 61.3 Å². The maximum Gasteiger partial charge on any atom is 0.128 e. The summed E-state index contributed by atoms with van der Waals surface area (Å²) in [6.45, 7) is 4.74. The quantitative estimate of drug-likeness (QED) is 0.813. The molecule has 0 amide bonds. The fourth-order valence-corrected chi connectivity index (χ4v) is 2.37. The van der Waals surface area contributed by atoms with Crippen molar-refractivity contribution in [2.75, 3.05) is 6.61 Å². The number of nitrogens with two attached hydrogens (primary N) is 2. The van der Waals surface area contributed by atoms with Crippen molar-refractivity contribution < 1.29 is 4.74 Å². The van der Waals surface area contributed by atoms with Gasteiger partial charge in [-0.25, -0.2) is 0 Å². The Morgan fingerprint density at radius 2 is 1.89 bits per heavy atom. The van der Waals surface area contributed by atoms with E-state index < -0.39 is 0 Å². The van der Waals surface area contributed by atoms with Crippen LogP contribution in [0.25, 0.3) is 0 Å². The van der Waals surface area contributed by atoms with Crippen molar-refractivity contribution in [3.63, 3.8) is 0 Å². The third kappa shape index (κ3) is 2.68. The van der Waals surface area contributed by atoms with E-state index >= 15 is 0 Å². The van der Waals surface area contributed by atoms with Gasteiger partial charge in [0.25, 0.3) is 0 Å². The molecule has 0 radical (unpaired) electrons. The second-order valence-corrected chi connectivity index (χ2v) is 5.08. The number of rotatable bonds is 6. The van der Waals surface area contributed by atoms with Crippen LogP contribution in [-0.2, 0) is 0 Å². The normalized spacial score (nSPS) is 18.4. The minimum Gasteiger partial charge on any atom is -0.493 e. The summed E-state index contributed by atoms with van der Waals surface area (Å²) in [6, 6.07) is 6.31. The highest BCUT2D eigenvalue weighted by atomic mass is 16.5. The summed E-state index contributed by atoms with van der Waals surface area (Å²) in [5.41, 5.74) is 14.7. The van der Waals surface area contributed by atoms with Gasteiger partial charge in [0.15, 0.2) is 0 Å². The summed E-state index contributed by atoms with van der Waals surface area (Å²) in [6.07, 6.45) is 3.37. The van der Waals surface area contributed by atoms with Crippen molar-refractivity contribution in [2.24, 2.45) is 17.4 Å². The van der Waals surface area contributed by atoms with Crippen LogP contribution in [0.2, 0.25) is 0 Å². The number of para-hydroxylation sites is 1. The van der Waals surface area contributed by atoms with Gasteiger partial charge in [-0.05, 0) is 32.1 Å². The highest BCUT2D eigenvalue weighted by Crippen LogP contribution is 2.43. The van der Waals surface area contributed by atoms with Gasteiger partial charge in [-0.15, -0.1) is 0 Å². The first kappa shape index (κ1) is 13.4. The highest BCUT2D eigenvalue weighted by molar-refractivity contribution is 5.45. The Labute approximate surface area is 110 Å². The van der Waals surface area contributed by atoms with Crippen LogP contribution in [-0.4, -0.2) is 6.61 Å². The molecular weight excluding hydrogens is 224 g/mol. The van der Waals surface area contributed by atoms with Crippen LogP contribution in [0.3, 0.4) is 0 Å². The fourth-order valence-electron chi connectivity index (χ4n) is 2.37. The van der Waals surface area contributed by atoms with E-state index in [4.69, 9.17) is 16.2 Å². The lowest BCUT2D eigenvalue weighted by Crippen LogP contribution is -2.17. The highest BCUT2D eigenvalue weighted by Gasteiger charge is 2.32. The molecule has 3 heteroatoms. The minimum absolute atomic E-state index is 0.0258. The monoisotopic (exact) mass is 248 g/mol. The van der Waals surface area contributed by atoms with Crippen LogP contribution in [0.1, 0.15) is 56.3 Å². The molecule has 1 fully saturated rings. The van der Waals surface area contributed by atoms with E-state index in [0.29, 0.717) is 12.5 Å². The molecule has 2 atom stereocenters. The van der Waals surface area contributed by atoms with Gasteiger partial charge in [0.05, 0.1) is 6.61 Å². The summed E-state index contributed by atoms with van der Waals surface area (Å²) < 4.78 is 5.83. The Morgan fingerprint density at radius 3 is 2.44 bits per heavy atom. The third-order valence-electron chi connectivity index (χ3n) is 3.69. The standard InChI is InChI=1S/C15H24N2O/c1-3-13(16)11-6-5-7-12(15(11)18-4-2)14(17)10-8-9-10/h5-7,10,13-14H,3-4,8-9,16-17H2,1-2H3/t13-,14+/m0/s1. The maximum atomic E-state index is 6.32. The van der Waals surface area contributed by atoms with Gasteiger partial charge in [-0.3, -0.25) is 0 Å². The zero-order valence-corrected chi connectivity index (χ0v) is 11.4. The predicted octanol–water partition coefficient (Wildman–Crippen LogP) is 2.90. The molecule has 0 unspecified atom stereocenters. The van der Waals surface area contributed by atoms with Crippen LogP contribution in [0, 0.1) is 5.92 Å². The first-order chi connectivity index (χ1) is 8.69. The average Bonchev–Trinajstić information content (AvgIpc) is 3.22. The van der Waals surface area contributed by atoms with Crippen molar-refractivity contribution in [2.45, 2.75) is 45.2 Å². The molecule has 0 spiro atoms. The molecule has 1 aromatic rings. The van der Waals surface area contributed by atoms with Crippen LogP contribution >= 0.6 is 0 Å². The largest absolute Gasteiger partial charge is 0.493 e. The molecule has 3 nitrogen and oxygen atoms in total. The Balaban J connectivity index is 2.37. The second-order valence-electron chi connectivity index (χ2n) is 5.08. The lowest BCUT2D eigenvalue weighted by atomic mass is 9.95. The Bertz CT molecular complexity index is 401. The molecule has 4 N–H and O–H groups in total. The van der Waals surface area contributed by atoms with Crippen LogP contribution < -0.4 is 16.2 Å². The van der Waals surface area contributed by atoms with E-state index in [2.05, 4.69) is 19.1 Å². The van der Waals surface area contributed by atoms with Crippen molar-refractivity contribution >= 4 is 0 Å². The summed E-state index contributed by atoms with van der Waals surface area (Å²) in [7, 11) is 0. The summed E-state index contributed by atoms with van der Waals surface area (Å²) in [5, 5.41) is 0. The van der Waals surface area contributed by atoms with E-state index in [-0.39, 0.29) is 12.1 Å². The summed E-state index contributed by atoms with van der Waals surface area (Å²) in [4.78, 5) is 0. The van der Waals surface area contributed by atoms with Gasteiger partial charge < -0.3 is 16.2 Å². The van der Waals surface area contributed by atoms with Gasteiger partial charge >= 0.3 is 0 Å². The van der Waals surface area contributed by atoms with Gasteiger partial charge in [0.2, 0.25) is 0 Å². The van der Waals surface area contributed by atoms with Gasteiger partial charge in [-0.1, -0.05) is 25.1 Å².